The Hall–Kier alpha value is -0.970. The van der Waals surface area contributed by atoms with Gasteiger partial charge in [0, 0.05) is 44.5 Å². The van der Waals surface area contributed by atoms with E-state index in [1.807, 2.05) is 6.20 Å². The van der Waals surface area contributed by atoms with E-state index in [2.05, 4.69) is 46.1 Å². The Bertz CT molecular complexity index is 445. The molecule has 3 heterocycles. The standard InChI is InChI=1S/C17H28N4/c1-3-18-9-15-6-7-16(19-10-15)12-21-13-17-5-4-8-20(17)11-14(21)2/h6-7,10,14,17-18H,3-5,8-9,11-13H2,1-2H3. The number of piperazine rings is 1. The van der Waals surface area contributed by atoms with Crippen LogP contribution in [-0.2, 0) is 13.1 Å². The van der Waals surface area contributed by atoms with Crippen LogP contribution in [-0.4, -0.2) is 53.0 Å². The molecule has 21 heavy (non-hydrogen) atoms. The minimum absolute atomic E-state index is 0.641. The summed E-state index contributed by atoms with van der Waals surface area (Å²) in [6.45, 7) is 11.1. The second-order valence-corrected chi connectivity index (χ2v) is 6.51. The lowest BCUT2D eigenvalue weighted by molar-refractivity contribution is 0.0532. The van der Waals surface area contributed by atoms with Gasteiger partial charge < -0.3 is 5.32 Å². The Morgan fingerprint density at radius 2 is 2.24 bits per heavy atom. The topological polar surface area (TPSA) is 31.4 Å². The molecule has 0 bridgehead atoms. The van der Waals surface area contributed by atoms with Crippen LogP contribution in [0.15, 0.2) is 18.3 Å². The van der Waals surface area contributed by atoms with Crippen molar-refractivity contribution < 1.29 is 0 Å². The number of rotatable bonds is 5. The Kier molecular flexibility index (Phi) is 4.88. The molecule has 2 fully saturated rings. The summed E-state index contributed by atoms with van der Waals surface area (Å²) in [6, 6.07) is 5.83. The molecule has 0 amide bonds. The molecule has 1 aromatic heterocycles. The summed E-state index contributed by atoms with van der Waals surface area (Å²) >= 11 is 0. The normalized spacial score (nSPS) is 27.0. The van der Waals surface area contributed by atoms with E-state index in [9.17, 15) is 0 Å². The van der Waals surface area contributed by atoms with Crippen LogP contribution in [0.25, 0.3) is 0 Å². The van der Waals surface area contributed by atoms with Gasteiger partial charge in [-0.1, -0.05) is 13.0 Å². The van der Waals surface area contributed by atoms with Crippen molar-refractivity contribution in [1.82, 2.24) is 20.1 Å². The van der Waals surface area contributed by atoms with Gasteiger partial charge in [0.05, 0.1) is 5.69 Å². The summed E-state index contributed by atoms with van der Waals surface area (Å²) in [4.78, 5) is 9.94. The molecule has 3 rings (SSSR count). The van der Waals surface area contributed by atoms with Crippen LogP contribution in [0.1, 0.15) is 37.9 Å². The summed E-state index contributed by atoms with van der Waals surface area (Å²) in [7, 11) is 0. The van der Waals surface area contributed by atoms with E-state index in [0.717, 1.165) is 25.7 Å². The van der Waals surface area contributed by atoms with Gasteiger partial charge in [0.25, 0.3) is 0 Å². The van der Waals surface area contributed by atoms with Gasteiger partial charge in [-0.3, -0.25) is 14.8 Å². The minimum atomic E-state index is 0.641. The number of hydrogen-bond acceptors (Lipinski definition) is 4. The van der Waals surface area contributed by atoms with Gasteiger partial charge in [0.2, 0.25) is 0 Å². The second-order valence-electron chi connectivity index (χ2n) is 6.51. The average Bonchev–Trinajstić information content (AvgIpc) is 2.94. The summed E-state index contributed by atoms with van der Waals surface area (Å²) < 4.78 is 0. The van der Waals surface area contributed by atoms with Crippen molar-refractivity contribution in [3.8, 4) is 0 Å². The minimum Gasteiger partial charge on any atom is -0.313 e. The Morgan fingerprint density at radius 1 is 1.33 bits per heavy atom. The molecule has 2 unspecified atom stereocenters. The summed E-state index contributed by atoms with van der Waals surface area (Å²) in [5, 5.41) is 3.34. The Morgan fingerprint density at radius 3 is 3.00 bits per heavy atom. The van der Waals surface area contributed by atoms with Gasteiger partial charge in [0.1, 0.15) is 0 Å². The summed E-state index contributed by atoms with van der Waals surface area (Å²) in [5.74, 6) is 0. The first-order valence-electron chi connectivity index (χ1n) is 8.39. The zero-order chi connectivity index (χ0) is 14.7. The van der Waals surface area contributed by atoms with Crippen LogP contribution in [0.2, 0.25) is 0 Å². The SMILES string of the molecule is CCNCc1ccc(CN2CC3CCCN3CC2C)nc1. The third-order valence-electron chi connectivity index (χ3n) is 4.90. The first-order valence-corrected chi connectivity index (χ1v) is 8.39. The zero-order valence-electron chi connectivity index (χ0n) is 13.4. The molecule has 1 aromatic rings. The molecule has 0 aromatic carbocycles. The first-order chi connectivity index (χ1) is 10.3. The number of pyridine rings is 1. The fourth-order valence-electron chi connectivity index (χ4n) is 3.60. The van der Waals surface area contributed by atoms with Gasteiger partial charge in [-0.2, -0.15) is 0 Å². The molecule has 2 aliphatic rings. The fourth-order valence-corrected chi connectivity index (χ4v) is 3.60. The Labute approximate surface area is 128 Å². The zero-order valence-corrected chi connectivity index (χ0v) is 13.4. The molecule has 0 radical (unpaired) electrons. The monoisotopic (exact) mass is 288 g/mol. The van der Waals surface area contributed by atoms with Gasteiger partial charge in [0.15, 0.2) is 0 Å². The van der Waals surface area contributed by atoms with Crippen LogP contribution >= 0.6 is 0 Å². The number of fused-ring (bicyclic) bond motifs is 1. The molecule has 4 heteroatoms. The molecule has 0 spiro atoms. The van der Waals surface area contributed by atoms with Gasteiger partial charge in [-0.15, -0.1) is 0 Å². The molecular weight excluding hydrogens is 260 g/mol. The van der Waals surface area contributed by atoms with E-state index in [1.54, 1.807) is 0 Å². The van der Waals surface area contributed by atoms with Gasteiger partial charge >= 0.3 is 0 Å². The van der Waals surface area contributed by atoms with Crippen LogP contribution in [0, 0.1) is 0 Å². The van der Waals surface area contributed by atoms with Crippen molar-refractivity contribution in [2.24, 2.45) is 0 Å². The predicted octanol–water partition coefficient (Wildman–Crippen LogP) is 1.86. The maximum absolute atomic E-state index is 4.65. The second kappa shape index (κ2) is 6.86. The fraction of sp³-hybridized carbons (Fsp3) is 0.706. The summed E-state index contributed by atoms with van der Waals surface area (Å²) in [6.07, 6.45) is 4.77. The van der Waals surface area contributed by atoms with Crippen LogP contribution < -0.4 is 5.32 Å². The lowest BCUT2D eigenvalue weighted by Gasteiger charge is -2.42. The van der Waals surface area contributed by atoms with E-state index in [4.69, 9.17) is 0 Å². The number of hydrogen-bond donors (Lipinski definition) is 1. The maximum atomic E-state index is 4.65. The van der Waals surface area contributed by atoms with Crippen molar-refractivity contribution in [1.29, 1.82) is 0 Å². The van der Waals surface area contributed by atoms with Gasteiger partial charge in [-0.25, -0.2) is 0 Å². The molecule has 4 nitrogen and oxygen atoms in total. The number of nitrogens with zero attached hydrogens (tertiary/aromatic N) is 3. The average molecular weight is 288 g/mol. The van der Waals surface area contributed by atoms with E-state index >= 15 is 0 Å². The predicted molar refractivity (Wildman–Crippen MR) is 86.1 cm³/mol. The highest BCUT2D eigenvalue weighted by Gasteiger charge is 2.34. The highest BCUT2D eigenvalue weighted by atomic mass is 15.3. The molecular formula is C17H28N4. The van der Waals surface area contributed by atoms with Crippen molar-refractivity contribution in [2.75, 3.05) is 26.2 Å². The Balaban J connectivity index is 1.58. The van der Waals surface area contributed by atoms with Crippen molar-refractivity contribution in [3.63, 3.8) is 0 Å². The molecule has 1 N–H and O–H groups in total. The molecule has 116 valence electrons. The number of aromatic nitrogens is 1. The third kappa shape index (κ3) is 3.62. The highest BCUT2D eigenvalue weighted by Crippen LogP contribution is 2.25. The molecule has 2 atom stereocenters. The quantitative estimate of drug-likeness (QED) is 0.896. The van der Waals surface area contributed by atoms with Crippen LogP contribution in [0.3, 0.4) is 0 Å². The molecule has 0 aliphatic carbocycles. The largest absolute Gasteiger partial charge is 0.313 e. The lowest BCUT2D eigenvalue weighted by atomic mass is 10.1. The highest BCUT2D eigenvalue weighted by molar-refractivity contribution is 5.14. The van der Waals surface area contributed by atoms with Crippen molar-refractivity contribution in [3.05, 3.63) is 29.6 Å². The van der Waals surface area contributed by atoms with Gasteiger partial charge in [-0.05, 0) is 44.5 Å². The van der Waals surface area contributed by atoms with E-state index in [-0.39, 0.29) is 0 Å². The first kappa shape index (κ1) is 14.9. The molecule has 2 aliphatic heterocycles. The smallest absolute Gasteiger partial charge is 0.0544 e. The number of nitrogens with one attached hydrogen (secondary N) is 1. The molecule has 2 saturated heterocycles. The van der Waals surface area contributed by atoms with Crippen LogP contribution in [0.5, 0.6) is 0 Å². The van der Waals surface area contributed by atoms with E-state index in [1.165, 1.54) is 43.7 Å². The lowest BCUT2D eigenvalue weighted by Crippen LogP contribution is -2.54. The van der Waals surface area contributed by atoms with Crippen LogP contribution in [0.4, 0.5) is 0 Å². The maximum Gasteiger partial charge on any atom is 0.0544 e. The third-order valence-corrected chi connectivity index (χ3v) is 4.90. The van der Waals surface area contributed by atoms with Crippen molar-refractivity contribution >= 4 is 0 Å². The van der Waals surface area contributed by atoms with Crippen molar-refractivity contribution in [2.45, 2.75) is 51.9 Å². The van der Waals surface area contributed by atoms with E-state index < -0.39 is 0 Å². The summed E-state index contributed by atoms with van der Waals surface area (Å²) in [5.41, 5.74) is 2.47. The van der Waals surface area contributed by atoms with E-state index in [0.29, 0.717) is 6.04 Å². The molecule has 0 saturated carbocycles.